The molecule has 2 heteroatoms. The number of ether oxygens (including phenoxy) is 1. The molecule has 0 saturated heterocycles. The minimum atomic E-state index is 0.0745. The first kappa shape index (κ1) is 12.2. The highest BCUT2D eigenvalue weighted by Crippen LogP contribution is 2.23. The van der Waals surface area contributed by atoms with Crippen molar-refractivity contribution in [3.8, 4) is 5.75 Å². The first-order chi connectivity index (χ1) is 9.35. The fourth-order valence-corrected chi connectivity index (χ4v) is 2.57. The molecule has 2 aromatic carbocycles. The fraction of sp³-hybridized carbons (Fsp3) is 0.294. The van der Waals surface area contributed by atoms with Gasteiger partial charge in [-0.3, -0.25) is 0 Å². The van der Waals surface area contributed by atoms with Gasteiger partial charge < -0.3 is 9.84 Å². The molecular weight excluding hydrogens is 236 g/mol. The van der Waals surface area contributed by atoms with E-state index in [1.54, 1.807) is 0 Å². The predicted octanol–water partition coefficient (Wildman–Crippen LogP) is 3.25. The SMILES string of the molecule is OCc1ccc(OCc2ccc3c(c2)CCC3)cc1. The van der Waals surface area contributed by atoms with Crippen LogP contribution in [0.1, 0.15) is 28.7 Å². The summed E-state index contributed by atoms with van der Waals surface area (Å²) in [4.78, 5) is 0. The molecule has 0 unspecified atom stereocenters. The second kappa shape index (κ2) is 5.45. The van der Waals surface area contributed by atoms with Crippen LogP contribution in [0.2, 0.25) is 0 Å². The van der Waals surface area contributed by atoms with Crippen LogP contribution in [0.3, 0.4) is 0 Å². The normalized spacial score (nSPS) is 13.3. The molecule has 1 N–H and O–H groups in total. The minimum absolute atomic E-state index is 0.0745. The molecule has 1 aliphatic carbocycles. The third kappa shape index (κ3) is 2.79. The maximum Gasteiger partial charge on any atom is 0.119 e. The summed E-state index contributed by atoms with van der Waals surface area (Å²) in [7, 11) is 0. The Balaban J connectivity index is 1.65. The van der Waals surface area contributed by atoms with Crippen LogP contribution in [0, 0.1) is 0 Å². The number of hydrogen-bond donors (Lipinski definition) is 1. The van der Waals surface area contributed by atoms with Crippen molar-refractivity contribution in [1.29, 1.82) is 0 Å². The molecule has 0 atom stereocenters. The van der Waals surface area contributed by atoms with Crippen molar-refractivity contribution < 1.29 is 9.84 Å². The van der Waals surface area contributed by atoms with Crippen molar-refractivity contribution in [2.45, 2.75) is 32.5 Å². The number of rotatable bonds is 4. The van der Waals surface area contributed by atoms with Gasteiger partial charge in [0.25, 0.3) is 0 Å². The van der Waals surface area contributed by atoms with Crippen LogP contribution in [0.5, 0.6) is 5.75 Å². The monoisotopic (exact) mass is 254 g/mol. The van der Waals surface area contributed by atoms with Crippen LogP contribution in [0.15, 0.2) is 42.5 Å². The number of aliphatic hydroxyl groups is 1. The summed E-state index contributed by atoms with van der Waals surface area (Å²) in [5, 5.41) is 8.99. The smallest absolute Gasteiger partial charge is 0.119 e. The Morgan fingerprint density at radius 3 is 2.42 bits per heavy atom. The van der Waals surface area contributed by atoms with Gasteiger partial charge in [-0.1, -0.05) is 30.3 Å². The highest BCUT2D eigenvalue weighted by Gasteiger charge is 2.10. The van der Waals surface area contributed by atoms with Gasteiger partial charge in [-0.05, 0) is 53.6 Å². The Morgan fingerprint density at radius 1 is 0.895 bits per heavy atom. The summed E-state index contributed by atoms with van der Waals surface area (Å²) in [5.74, 6) is 0.845. The zero-order chi connectivity index (χ0) is 13.1. The third-order valence-electron chi connectivity index (χ3n) is 3.67. The van der Waals surface area contributed by atoms with Crippen molar-refractivity contribution in [2.24, 2.45) is 0 Å². The number of benzene rings is 2. The third-order valence-corrected chi connectivity index (χ3v) is 3.67. The Hall–Kier alpha value is -1.80. The van der Waals surface area contributed by atoms with E-state index in [1.165, 1.54) is 36.0 Å². The minimum Gasteiger partial charge on any atom is -0.489 e. The van der Waals surface area contributed by atoms with Gasteiger partial charge in [-0.15, -0.1) is 0 Å². The summed E-state index contributed by atoms with van der Waals surface area (Å²) < 4.78 is 5.77. The van der Waals surface area contributed by atoms with Crippen molar-refractivity contribution >= 4 is 0 Å². The molecule has 2 nitrogen and oxygen atoms in total. The van der Waals surface area contributed by atoms with Crippen molar-refractivity contribution in [2.75, 3.05) is 0 Å². The van der Waals surface area contributed by atoms with Gasteiger partial charge >= 0.3 is 0 Å². The molecule has 19 heavy (non-hydrogen) atoms. The molecule has 0 saturated carbocycles. The molecule has 0 heterocycles. The lowest BCUT2D eigenvalue weighted by Gasteiger charge is -2.08. The lowest BCUT2D eigenvalue weighted by molar-refractivity contribution is 0.280. The fourth-order valence-electron chi connectivity index (χ4n) is 2.57. The van der Waals surface area contributed by atoms with Crippen molar-refractivity contribution in [3.63, 3.8) is 0 Å². The maximum absolute atomic E-state index is 8.99. The van der Waals surface area contributed by atoms with E-state index in [0.29, 0.717) is 6.61 Å². The van der Waals surface area contributed by atoms with Crippen LogP contribution in [-0.4, -0.2) is 5.11 Å². The van der Waals surface area contributed by atoms with E-state index in [-0.39, 0.29) is 6.61 Å². The molecule has 0 amide bonds. The van der Waals surface area contributed by atoms with Gasteiger partial charge in [0.1, 0.15) is 12.4 Å². The van der Waals surface area contributed by atoms with Gasteiger partial charge in [0, 0.05) is 0 Å². The average Bonchev–Trinajstić information content (AvgIpc) is 2.93. The zero-order valence-corrected chi connectivity index (χ0v) is 10.9. The Kier molecular flexibility index (Phi) is 3.51. The van der Waals surface area contributed by atoms with Gasteiger partial charge in [0.15, 0.2) is 0 Å². The Morgan fingerprint density at radius 2 is 1.63 bits per heavy atom. The van der Waals surface area contributed by atoms with Crippen molar-refractivity contribution in [1.82, 2.24) is 0 Å². The van der Waals surface area contributed by atoms with E-state index >= 15 is 0 Å². The van der Waals surface area contributed by atoms with E-state index in [4.69, 9.17) is 9.84 Å². The molecular formula is C17H18O2. The largest absolute Gasteiger partial charge is 0.489 e. The molecule has 0 fully saturated rings. The lowest BCUT2D eigenvalue weighted by Crippen LogP contribution is -1.97. The first-order valence-corrected chi connectivity index (χ1v) is 6.78. The Bertz CT molecular complexity index is 558. The molecule has 0 spiro atoms. The summed E-state index contributed by atoms with van der Waals surface area (Å²) in [6, 6.07) is 14.2. The molecule has 98 valence electrons. The summed E-state index contributed by atoms with van der Waals surface area (Å²) in [5.41, 5.74) is 5.12. The molecule has 0 radical (unpaired) electrons. The summed E-state index contributed by atoms with van der Waals surface area (Å²) in [6.45, 7) is 0.677. The van der Waals surface area contributed by atoms with Crippen LogP contribution >= 0.6 is 0 Å². The highest BCUT2D eigenvalue weighted by molar-refractivity contribution is 5.35. The van der Waals surface area contributed by atoms with Gasteiger partial charge in [0.2, 0.25) is 0 Å². The Labute approximate surface area is 113 Å². The topological polar surface area (TPSA) is 29.5 Å². The first-order valence-electron chi connectivity index (χ1n) is 6.78. The van der Waals surface area contributed by atoms with Crippen LogP contribution < -0.4 is 4.74 Å². The molecule has 3 rings (SSSR count). The zero-order valence-electron chi connectivity index (χ0n) is 10.9. The second-order valence-electron chi connectivity index (χ2n) is 5.05. The summed E-state index contributed by atoms with van der Waals surface area (Å²) >= 11 is 0. The van der Waals surface area contributed by atoms with Crippen molar-refractivity contribution in [3.05, 3.63) is 64.7 Å². The van der Waals surface area contributed by atoms with Gasteiger partial charge in [-0.2, -0.15) is 0 Å². The number of aliphatic hydroxyl groups excluding tert-OH is 1. The molecule has 0 aliphatic heterocycles. The molecule has 1 aliphatic rings. The van der Waals surface area contributed by atoms with Crippen LogP contribution in [0.4, 0.5) is 0 Å². The number of hydrogen-bond acceptors (Lipinski definition) is 2. The summed E-state index contributed by atoms with van der Waals surface area (Å²) in [6.07, 6.45) is 3.70. The molecule has 0 bridgehead atoms. The predicted molar refractivity (Wildman–Crippen MR) is 75.2 cm³/mol. The highest BCUT2D eigenvalue weighted by atomic mass is 16.5. The molecule has 2 aromatic rings. The standard InChI is InChI=1S/C17H18O2/c18-11-13-5-8-17(9-6-13)19-12-14-4-7-15-2-1-3-16(15)10-14/h4-10,18H,1-3,11-12H2. The van der Waals surface area contributed by atoms with E-state index in [1.807, 2.05) is 24.3 Å². The quantitative estimate of drug-likeness (QED) is 0.907. The van der Waals surface area contributed by atoms with E-state index in [0.717, 1.165) is 11.3 Å². The van der Waals surface area contributed by atoms with Crippen LogP contribution in [0.25, 0.3) is 0 Å². The van der Waals surface area contributed by atoms with Gasteiger partial charge in [0.05, 0.1) is 6.61 Å². The average molecular weight is 254 g/mol. The van der Waals surface area contributed by atoms with E-state index < -0.39 is 0 Å². The van der Waals surface area contributed by atoms with E-state index in [9.17, 15) is 0 Å². The maximum atomic E-state index is 8.99. The van der Waals surface area contributed by atoms with Crippen LogP contribution in [-0.2, 0) is 26.1 Å². The van der Waals surface area contributed by atoms with Gasteiger partial charge in [-0.25, -0.2) is 0 Å². The number of fused-ring (bicyclic) bond motifs is 1. The molecule has 0 aromatic heterocycles. The second-order valence-corrected chi connectivity index (χ2v) is 5.05. The van der Waals surface area contributed by atoms with E-state index in [2.05, 4.69) is 18.2 Å². The lowest BCUT2D eigenvalue weighted by atomic mass is 10.1. The number of aryl methyl sites for hydroxylation is 2.